The molecule has 0 aromatic heterocycles. The summed E-state index contributed by atoms with van der Waals surface area (Å²) in [6, 6.07) is 22.3. The number of rotatable bonds is 6. The van der Waals surface area contributed by atoms with Crippen LogP contribution in [0.3, 0.4) is 0 Å². The molecule has 4 rings (SSSR count). The van der Waals surface area contributed by atoms with Crippen molar-refractivity contribution in [3.05, 3.63) is 95.1 Å². The highest BCUT2D eigenvalue weighted by Gasteiger charge is 2.31. The van der Waals surface area contributed by atoms with Gasteiger partial charge in [-0.1, -0.05) is 55.0 Å². The molecule has 1 heterocycles. The Balaban J connectivity index is 1.52. The number of aryl methyl sites for hydroxylation is 1. The average molecular weight is 449 g/mol. The minimum Gasteiger partial charge on any atom is -0.305 e. The van der Waals surface area contributed by atoms with Crippen LogP contribution >= 0.6 is 0 Å². The van der Waals surface area contributed by atoms with Gasteiger partial charge in [-0.2, -0.15) is 4.31 Å². The van der Waals surface area contributed by atoms with Crippen molar-refractivity contribution in [1.29, 1.82) is 0 Å². The largest absolute Gasteiger partial charge is 0.305 e. The van der Waals surface area contributed by atoms with Gasteiger partial charge in [0.25, 0.3) is 5.91 Å². The quantitative estimate of drug-likeness (QED) is 0.544. The molecule has 0 radical (unpaired) electrons. The van der Waals surface area contributed by atoms with Gasteiger partial charge in [0, 0.05) is 30.4 Å². The molecule has 0 N–H and O–H groups in total. The van der Waals surface area contributed by atoms with Crippen LogP contribution in [0.4, 0.5) is 5.69 Å². The first-order valence-corrected chi connectivity index (χ1v) is 12.3. The van der Waals surface area contributed by atoms with Gasteiger partial charge in [-0.25, -0.2) is 8.42 Å². The summed E-state index contributed by atoms with van der Waals surface area (Å²) in [7, 11) is -3.59. The molecule has 3 aromatic rings. The summed E-state index contributed by atoms with van der Waals surface area (Å²) < 4.78 is 27.5. The SMILES string of the molecule is CCN(Cc1ccc(C(=O)N2c3ccccc3C[C@H]2C)cc1)S(=O)(=O)c1ccc(C)cc1. The molecule has 1 aliphatic rings. The first kappa shape index (κ1) is 22.2. The number of fused-ring (bicyclic) bond motifs is 1. The van der Waals surface area contributed by atoms with E-state index < -0.39 is 10.0 Å². The molecule has 0 spiro atoms. The average Bonchev–Trinajstić information content (AvgIpc) is 3.13. The van der Waals surface area contributed by atoms with Crippen LogP contribution in [0.1, 0.15) is 40.9 Å². The lowest BCUT2D eigenvalue weighted by molar-refractivity contribution is 0.0981. The van der Waals surface area contributed by atoms with Crippen LogP contribution < -0.4 is 4.90 Å². The van der Waals surface area contributed by atoms with Crippen LogP contribution in [0, 0.1) is 6.92 Å². The summed E-state index contributed by atoms with van der Waals surface area (Å²) in [4.78, 5) is 15.3. The maximum atomic E-state index is 13.2. The number of benzene rings is 3. The highest BCUT2D eigenvalue weighted by atomic mass is 32.2. The van der Waals surface area contributed by atoms with Crippen molar-refractivity contribution >= 4 is 21.6 Å². The number of carbonyl (C=O) groups is 1. The normalized spacial score (nSPS) is 15.8. The van der Waals surface area contributed by atoms with E-state index in [1.807, 2.05) is 49.1 Å². The Labute approximate surface area is 190 Å². The van der Waals surface area contributed by atoms with Gasteiger partial charge in [-0.05, 0) is 61.7 Å². The maximum Gasteiger partial charge on any atom is 0.258 e. The Bertz CT molecular complexity index is 1220. The Morgan fingerprint density at radius 2 is 1.66 bits per heavy atom. The second kappa shape index (κ2) is 8.88. The monoisotopic (exact) mass is 448 g/mol. The van der Waals surface area contributed by atoms with E-state index >= 15 is 0 Å². The van der Waals surface area contributed by atoms with E-state index in [2.05, 4.69) is 13.0 Å². The molecule has 1 amide bonds. The van der Waals surface area contributed by atoms with Gasteiger partial charge in [0.15, 0.2) is 0 Å². The van der Waals surface area contributed by atoms with Crippen LogP contribution in [0.5, 0.6) is 0 Å². The fourth-order valence-electron chi connectivity index (χ4n) is 4.20. The Kier molecular flexibility index (Phi) is 6.17. The predicted octanol–water partition coefficient (Wildman–Crippen LogP) is 4.80. The molecular formula is C26H28N2O3S. The van der Waals surface area contributed by atoms with Crippen molar-refractivity contribution in [2.75, 3.05) is 11.4 Å². The lowest BCUT2D eigenvalue weighted by Gasteiger charge is -2.23. The van der Waals surface area contributed by atoms with E-state index in [9.17, 15) is 13.2 Å². The molecule has 32 heavy (non-hydrogen) atoms. The topological polar surface area (TPSA) is 57.7 Å². The number of hydrogen-bond acceptors (Lipinski definition) is 3. The third kappa shape index (κ3) is 4.20. The highest BCUT2D eigenvalue weighted by molar-refractivity contribution is 7.89. The van der Waals surface area contributed by atoms with E-state index in [4.69, 9.17) is 0 Å². The van der Waals surface area contributed by atoms with Gasteiger partial charge in [0.2, 0.25) is 10.0 Å². The lowest BCUT2D eigenvalue weighted by Crippen LogP contribution is -2.35. The minimum absolute atomic E-state index is 0.0337. The van der Waals surface area contributed by atoms with Gasteiger partial charge in [-0.3, -0.25) is 4.79 Å². The molecule has 166 valence electrons. The van der Waals surface area contributed by atoms with E-state index in [-0.39, 0.29) is 18.5 Å². The number of hydrogen-bond donors (Lipinski definition) is 0. The molecular weight excluding hydrogens is 420 g/mol. The zero-order valence-corrected chi connectivity index (χ0v) is 19.5. The van der Waals surface area contributed by atoms with Crippen molar-refractivity contribution in [2.24, 2.45) is 0 Å². The molecule has 0 saturated carbocycles. The van der Waals surface area contributed by atoms with Crippen LogP contribution in [-0.4, -0.2) is 31.2 Å². The van der Waals surface area contributed by atoms with E-state index in [0.717, 1.165) is 23.2 Å². The molecule has 0 aliphatic carbocycles. The zero-order valence-electron chi connectivity index (χ0n) is 18.7. The predicted molar refractivity (Wildman–Crippen MR) is 127 cm³/mol. The third-order valence-corrected chi connectivity index (χ3v) is 7.93. The second-order valence-corrected chi connectivity index (χ2v) is 10.2. The Morgan fingerprint density at radius 1 is 1.00 bits per heavy atom. The van der Waals surface area contributed by atoms with Crippen molar-refractivity contribution in [1.82, 2.24) is 4.31 Å². The summed E-state index contributed by atoms with van der Waals surface area (Å²) in [6.45, 7) is 6.43. The summed E-state index contributed by atoms with van der Waals surface area (Å²) in [6.07, 6.45) is 0.850. The molecule has 0 fully saturated rings. The number of anilines is 1. The van der Waals surface area contributed by atoms with Crippen LogP contribution in [0.25, 0.3) is 0 Å². The van der Waals surface area contributed by atoms with E-state index in [1.54, 1.807) is 36.4 Å². The standard InChI is InChI=1S/C26H28N2O3S/c1-4-27(32(30,31)24-15-9-19(2)10-16-24)18-21-11-13-22(14-12-21)26(29)28-20(3)17-23-7-5-6-8-25(23)28/h5-16,20H,4,17-18H2,1-3H3/t20-/m1/s1. The number of para-hydroxylation sites is 1. The van der Waals surface area contributed by atoms with Crippen LogP contribution in [0.15, 0.2) is 77.7 Å². The van der Waals surface area contributed by atoms with Gasteiger partial charge in [0.1, 0.15) is 0 Å². The molecule has 1 atom stereocenters. The summed E-state index contributed by atoms with van der Waals surface area (Å²) >= 11 is 0. The highest BCUT2D eigenvalue weighted by Crippen LogP contribution is 2.33. The molecule has 5 nitrogen and oxygen atoms in total. The summed E-state index contributed by atoms with van der Waals surface area (Å²) in [5.74, 6) is -0.0337. The first-order chi connectivity index (χ1) is 15.3. The minimum atomic E-state index is -3.59. The van der Waals surface area contributed by atoms with Gasteiger partial charge < -0.3 is 4.90 Å². The van der Waals surface area contributed by atoms with E-state index in [1.165, 1.54) is 9.87 Å². The second-order valence-electron chi connectivity index (χ2n) is 8.30. The van der Waals surface area contributed by atoms with E-state index in [0.29, 0.717) is 17.0 Å². The van der Waals surface area contributed by atoms with Crippen molar-refractivity contribution in [3.63, 3.8) is 0 Å². The smallest absolute Gasteiger partial charge is 0.258 e. The van der Waals surface area contributed by atoms with Crippen molar-refractivity contribution < 1.29 is 13.2 Å². The number of sulfonamides is 1. The molecule has 0 bridgehead atoms. The zero-order chi connectivity index (χ0) is 22.9. The Morgan fingerprint density at radius 3 is 2.31 bits per heavy atom. The number of carbonyl (C=O) groups excluding carboxylic acids is 1. The number of nitrogens with zero attached hydrogens (tertiary/aromatic N) is 2. The fourth-order valence-corrected chi connectivity index (χ4v) is 5.63. The molecule has 0 unspecified atom stereocenters. The molecule has 6 heteroatoms. The maximum absolute atomic E-state index is 13.2. The lowest BCUT2D eigenvalue weighted by atomic mass is 10.1. The van der Waals surface area contributed by atoms with Crippen LogP contribution in [0.2, 0.25) is 0 Å². The van der Waals surface area contributed by atoms with Gasteiger partial charge in [0.05, 0.1) is 4.90 Å². The summed E-state index contributed by atoms with van der Waals surface area (Å²) in [5.41, 5.74) is 4.61. The number of amides is 1. The van der Waals surface area contributed by atoms with Gasteiger partial charge >= 0.3 is 0 Å². The molecule has 1 aliphatic heterocycles. The fraction of sp³-hybridized carbons (Fsp3) is 0.269. The Hall–Kier alpha value is -2.96. The van der Waals surface area contributed by atoms with Crippen molar-refractivity contribution in [3.8, 4) is 0 Å². The molecule has 3 aromatic carbocycles. The van der Waals surface area contributed by atoms with Crippen LogP contribution in [-0.2, 0) is 23.0 Å². The van der Waals surface area contributed by atoms with Gasteiger partial charge in [-0.15, -0.1) is 0 Å². The first-order valence-electron chi connectivity index (χ1n) is 10.9. The van der Waals surface area contributed by atoms with Crippen molar-refractivity contribution in [2.45, 2.75) is 44.7 Å². The summed E-state index contributed by atoms with van der Waals surface area (Å²) in [5, 5.41) is 0. The third-order valence-electron chi connectivity index (χ3n) is 6.00. The molecule has 0 saturated heterocycles.